The van der Waals surface area contributed by atoms with Gasteiger partial charge in [0.1, 0.15) is 6.07 Å². The van der Waals surface area contributed by atoms with E-state index in [-0.39, 0.29) is 11.7 Å². The summed E-state index contributed by atoms with van der Waals surface area (Å²) < 4.78 is 0. The Labute approximate surface area is 143 Å². The van der Waals surface area contributed by atoms with E-state index in [9.17, 15) is 10.1 Å². The molecule has 0 radical (unpaired) electrons. The van der Waals surface area contributed by atoms with Crippen molar-refractivity contribution in [3.8, 4) is 6.07 Å². The van der Waals surface area contributed by atoms with E-state index in [0.29, 0.717) is 12.0 Å². The van der Waals surface area contributed by atoms with Crippen molar-refractivity contribution in [3.05, 3.63) is 59.8 Å². The van der Waals surface area contributed by atoms with Gasteiger partial charge in [-0.15, -0.1) is 0 Å². The van der Waals surface area contributed by atoms with Crippen LogP contribution < -0.4 is 0 Å². The van der Waals surface area contributed by atoms with E-state index >= 15 is 0 Å². The van der Waals surface area contributed by atoms with Crippen LogP contribution in [0.2, 0.25) is 0 Å². The standard InChI is InChI=1S/C21H22N2O/c1-15-21(18-5-3-2-4-6-18)12-17(13-22)20(24)11-19(21)9-10-23(15)14-16-7-8-16/h2-6,12,16,19H,1,7-11,14H2. The Balaban J connectivity index is 1.84. The second-order valence-corrected chi connectivity index (χ2v) is 7.35. The van der Waals surface area contributed by atoms with Crippen LogP contribution in [0, 0.1) is 23.2 Å². The van der Waals surface area contributed by atoms with Crippen molar-refractivity contribution >= 4 is 5.78 Å². The zero-order valence-electron chi connectivity index (χ0n) is 13.9. The Morgan fingerprint density at radius 2 is 2.00 bits per heavy atom. The number of benzene rings is 1. The van der Waals surface area contributed by atoms with Gasteiger partial charge in [0.15, 0.2) is 5.78 Å². The maximum absolute atomic E-state index is 12.3. The molecular formula is C21H22N2O. The van der Waals surface area contributed by atoms with Crippen molar-refractivity contribution < 1.29 is 4.79 Å². The molecule has 0 aromatic heterocycles. The van der Waals surface area contributed by atoms with Gasteiger partial charge in [-0.3, -0.25) is 4.79 Å². The molecule has 1 saturated heterocycles. The summed E-state index contributed by atoms with van der Waals surface area (Å²) in [7, 11) is 0. The molecule has 0 amide bonds. The summed E-state index contributed by atoms with van der Waals surface area (Å²) in [6.07, 6.45) is 5.96. The van der Waals surface area contributed by atoms with Gasteiger partial charge in [-0.05, 0) is 42.7 Å². The first-order valence-electron chi connectivity index (χ1n) is 8.81. The Kier molecular flexibility index (Phi) is 3.57. The lowest BCUT2D eigenvalue weighted by atomic mass is 9.59. The highest BCUT2D eigenvalue weighted by Gasteiger charge is 2.50. The molecule has 0 bridgehead atoms. The van der Waals surface area contributed by atoms with Crippen LogP contribution >= 0.6 is 0 Å². The maximum atomic E-state index is 12.3. The number of nitrogens with zero attached hydrogens (tertiary/aromatic N) is 2. The lowest BCUT2D eigenvalue weighted by Crippen LogP contribution is -2.51. The van der Waals surface area contributed by atoms with E-state index in [1.807, 2.05) is 24.3 Å². The average Bonchev–Trinajstić information content (AvgIpc) is 3.42. The number of Topliss-reactive ketones (excluding diaryl/α,β-unsaturated/α-hetero) is 1. The molecule has 1 aliphatic heterocycles. The first-order valence-corrected chi connectivity index (χ1v) is 8.81. The van der Waals surface area contributed by atoms with Crippen molar-refractivity contribution in [2.75, 3.05) is 13.1 Å². The van der Waals surface area contributed by atoms with Gasteiger partial charge < -0.3 is 4.90 Å². The van der Waals surface area contributed by atoms with Crippen LogP contribution in [-0.4, -0.2) is 23.8 Å². The highest BCUT2D eigenvalue weighted by Crippen LogP contribution is 2.51. The first-order chi connectivity index (χ1) is 11.6. The number of ketones is 1. The van der Waals surface area contributed by atoms with E-state index in [4.69, 9.17) is 0 Å². The van der Waals surface area contributed by atoms with E-state index in [1.165, 1.54) is 12.8 Å². The maximum Gasteiger partial charge on any atom is 0.173 e. The fourth-order valence-electron chi connectivity index (χ4n) is 4.39. The molecule has 0 N–H and O–H groups in total. The van der Waals surface area contributed by atoms with Gasteiger partial charge in [0.25, 0.3) is 0 Å². The summed E-state index contributed by atoms with van der Waals surface area (Å²) in [5.41, 5.74) is 2.11. The number of likely N-dealkylation sites (tertiary alicyclic amines) is 1. The molecule has 2 unspecified atom stereocenters. The molecule has 122 valence electrons. The highest BCUT2D eigenvalue weighted by molar-refractivity contribution is 6.00. The molecule has 1 aromatic rings. The molecular weight excluding hydrogens is 296 g/mol. The van der Waals surface area contributed by atoms with Crippen molar-refractivity contribution in [2.45, 2.75) is 31.1 Å². The van der Waals surface area contributed by atoms with Crippen molar-refractivity contribution in [3.63, 3.8) is 0 Å². The van der Waals surface area contributed by atoms with E-state index in [0.717, 1.165) is 36.7 Å². The van der Waals surface area contributed by atoms with E-state index < -0.39 is 5.41 Å². The molecule has 3 heteroatoms. The molecule has 0 spiro atoms. The van der Waals surface area contributed by atoms with Crippen LogP contribution in [0.15, 0.2) is 54.3 Å². The fourth-order valence-corrected chi connectivity index (χ4v) is 4.39. The molecule has 3 aliphatic rings. The number of nitriles is 1. The van der Waals surface area contributed by atoms with Gasteiger partial charge >= 0.3 is 0 Å². The van der Waals surface area contributed by atoms with E-state index in [2.05, 4.69) is 29.7 Å². The Morgan fingerprint density at radius 1 is 1.25 bits per heavy atom. The predicted octanol–water partition coefficient (Wildman–Crippen LogP) is 3.59. The molecule has 1 aromatic carbocycles. The van der Waals surface area contributed by atoms with Crippen molar-refractivity contribution in [1.82, 2.24) is 4.90 Å². The van der Waals surface area contributed by atoms with E-state index in [1.54, 1.807) is 0 Å². The van der Waals surface area contributed by atoms with Gasteiger partial charge in [0, 0.05) is 25.2 Å². The van der Waals surface area contributed by atoms with Crippen molar-refractivity contribution in [1.29, 1.82) is 5.26 Å². The minimum absolute atomic E-state index is 0.0162. The lowest BCUT2D eigenvalue weighted by Gasteiger charge is -2.51. The van der Waals surface area contributed by atoms with Crippen LogP contribution in [0.4, 0.5) is 0 Å². The number of carbonyl (C=O) groups is 1. The molecule has 4 rings (SSSR count). The van der Waals surface area contributed by atoms with Crippen LogP contribution in [0.3, 0.4) is 0 Å². The second kappa shape index (κ2) is 5.63. The average molecular weight is 318 g/mol. The third kappa shape index (κ3) is 2.29. The van der Waals surface area contributed by atoms with Gasteiger partial charge in [-0.2, -0.15) is 5.26 Å². The SMILES string of the molecule is C=C1N(CC2CC2)CCC2CC(=O)C(C#N)=CC12c1ccccc1. The number of fused-ring (bicyclic) bond motifs is 1. The smallest absolute Gasteiger partial charge is 0.173 e. The summed E-state index contributed by atoms with van der Waals surface area (Å²) in [6, 6.07) is 12.4. The largest absolute Gasteiger partial charge is 0.374 e. The zero-order valence-corrected chi connectivity index (χ0v) is 13.9. The summed E-state index contributed by atoms with van der Waals surface area (Å²) in [5.74, 6) is 0.973. The van der Waals surface area contributed by atoms with Gasteiger partial charge in [-0.25, -0.2) is 0 Å². The highest BCUT2D eigenvalue weighted by atomic mass is 16.1. The summed E-state index contributed by atoms with van der Waals surface area (Å²) in [6.45, 7) is 6.49. The molecule has 1 saturated carbocycles. The monoisotopic (exact) mass is 318 g/mol. The lowest BCUT2D eigenvalue weighted by molar-refractivity contribution is -0.117. The quantitative estimate of drug-likeness (QED) is 0.855. The zero-order chi connectivity index (χ0) is 16.7. The normalized spacial score (nSPS) is 29.7. The molecule has 2 atom stereocenters. The minimum Gasteiger partial charge on any atom is -0.374 e. The number of carbonyl (C=O) groups excluding carboxylic acids is 1. The Hall–Kier alpha value is -2.34. The van der Waals surface area contributed by atoms with Crippen LogP contribution in [0.25, 0.3) is 0 Å². The van der Waals surface area contributed by atoms with Gasteiger partial charge in [0.05, 0.1) is 11.0 Å². The number of piperidine rings is 1. The molecule has 2 fully saturated rings. The third-order valence-corrected chi connectivity index (χ3v) is 5.90. The summed E-state index contributed by atoms with van der Waals surface area (Å²) in [4.78, 5) is 14.7. The number of hydrogen-bond donors (Lipinski definition) is 0. The number of allylic oxidation sites excluding steroid dienone is 2. The van der Waals surface area contributed by atoms with Crippen molar-refractivity contribution in [2.24, 2.45) is 11.8 Å². The van der Waals surface area contributed by atoms with Gasteiger partial charge in [0.2, 0.25) is 0 Å². The van der Waals surface area contributed by atoms with Crippen LogP contribution in [0.5, 0.6) is 0 Å². The third-order valence-electron chi connectivity index (χ3n) is 5.90. The topological polar surface area (TPSA) is 44.1 Å². The predicted molar refractivity (Wildman–Crippen MR) is 93.0 cm³/mol. The van der Waals surface area contributed by atoms with Gasteiger partial charge in [-0.1, -0.05) is 36.9 Å². The second-order valence-electron chi connectivity index (χ2n) is 7.35. The fraction of sp³-hybridized carbons (Fsp3) is 0.429. The van der Waals surface area contributed by atoms with Crippen LogP contribution in [-0.2, 0) is 10.2 Å². The summed E-state index contributed by atoms with van der Waals surface area (Å²) >= 11 is 0. The minimum atomic E-state index is -0.409. The molecule has 24 heavy (non-hydrogen) atoms. The molecule has 3 nitrogen and oxygen atoms in total. The number of rotatable bonds is 3. The number of hydrogen-bond acceptors (Lipinski definition) is 3. The molecule has 2 aliphatic carbocycles. The molecule has 1 heterocycles. The first kappa shape index (κ1) is 15.2. The Morgan fingerprint density at radius 3 is 2.67 bits per heavy atom. The van der Waals surface area contributed by atoms with Crippen LogP contribution in [0.1, 0.15) is 31.2 Å². The summed E-state index contributed by atoms with van der Waals surface area (Å²) in [5, 5.41) is 9.44. The Bertz CT molecular complexity index is 754.